The number of nitrogens with one attached hydrogen (secondary N) is 1. The average Bonchev–Trinajstić information content (AvgIpc) is 1.99. The van der Waals surface area contributed by atoms with E-state index < -0.39 is 0 Å². The highest BCUT2D eigenvalue weighted by Gasteiger charge is 2.12. The SMILES string of the molecule is C[CH]C(=O)NC(CC)C(C)C. The van der Waals surface area contributed by atoms with Crippen molar-refractivity contribution in [1.29, 1.82) is 0 Å². The zero-order valence-electron chi connectivity index (χ0n) is 7.85. The highest BCUT2D eigenvalue weighted by atomic mass is 16.1. The third kappa shape index (κ3) is 4.02. The fraction of sp³-hybridized carbons (Fsp3) is 0.778. The average molecular weight is 156 g/mol. The van der Waals surface area contributed by atoms with Gasteiger partial charge in [0.15, 0.2) is 0 Å². The maximum absolute atomic E-state index is 10.9. The summed E-state index contributed by atoms with van der Waals surface area (Å²) in [6, 6.07) is 0.318. The second kappa shape index (κ2) is 5.16. The first-order chi connectivity index (χ1) is 5.11. The molecule has 0 aliphatic carbocycles. The lowest BCUT2D eigenvalue weighted by molar-refractivity contribution is -0.118. The molecule has 0 fully saturated rings. The minimum absolute atomic E-state index is 0.0329. The van der Waals surface area contributed by atoms with Gasteiger partial charge in [-0.2, -0.15) is 0 Å². The molecule has 0 saturated heterocycles. The summed E-state index contributed by atoms with van der Waals surface area (Å²) in [4.78, 5) is 10.9. The van der Waals surface area contributed by atoms with Crippen LogP contribution in [0.1, 0.15) is 34.1 Å². The molecule has 1 amide bonds. The standard InChI is InChI=1S/C9H18NO/c1-5-8(7(3)4)10-9(11)6-2/h6-8H,5H2,1-4H3,(H,10,11). The van der Waals surface area contributed by atoms with Crippen molar-refractivity contribution in [1.82, 2.24) is 5.32 Å². The van der Waals surface area contributed by atoms with Crippen molar-refractivity contribution >= 4 is 5.91 Å². The molecule has 0 aromatic rings. The monoisotopic (exact) mass is 156 g/mol. The Morgan fingerprint density at radius 3 is 2.36 bits per heavy atom. The summed E-state index contributed by atoms with van der Waals surface area (Å²) in [5.74, 6) is 0.550. The van der Waals surface area contributed by atoms with E-state index in [2.05, 4.69) is 26.1 Å². The predicted octanol–water partition coefficient (Wildman–Crippen LogP) is 1.76. The third-order valence-corrected chi connectivity index (χ3v) is 1.83. The van der Waals surface area contributed by atoms with E-state index in [4.69, 9.17) is 0 Å². The first-order valence-electron chi connectivity index (χ1n) is 4.21. The van der Waals surface area contributed by atoms with Crippen molar-refractivity contribution < 1.29 is 4.79 Å². The van der Waals surface area contributed by atoms with Crippen LogP contribution in [-0.2, 0) is 4.79 Å². The minimum Gasteiger partial charge on any atom is -0.353 e. The van der Waals surface area contributed by atoms with Gasteiger partial charge >= 0.3 is 0 Å². The Labute approximate surface area is 69.4 Å². The van der Waals surface area contributed by atoms with Crippen LogP contribution in [0.3, 0.4) is 0 Å². The van der Waals surface area contributed by atoms with Gasteiger partial charge in [0.1, 0.15) is 0 Å². The molecule has 1 atom stereocenters. The lowest BCUT2D eigenvalue weighted by Gasteiger charge is -2.19. The number of rotatable bonds is 4. The molecule has 1 unspecified atom stereocenters. The Morgan fingerprint density at radius 2 is 2.09 bits per heavy atom. The van der Waals surface area contributed by atoms with Crippen molar-refractivity contribution in [2.24, 2.45) is 5.92 Å². The Bertz CT molecular complexity index is 121. The van der Waals surface area contributed by atoms with Gasteiger partial charge in [0.2, 0.25) is 5.91 Å². The summed E-state index contributed by atoms with van der Waals surface area (Å²) in [6.07, 6.45) is 2.56. The molecule has 65 valence electrons. The van der Waals surface area contributed by atoms with Crippen LogP contribution in [0.4, 0.5) is 0 Å². The summed E-state index contributed by atoms with van der Waals surface area (Å²) >= 11 is 0. The van der Waals surface area contributed by atoms with Crippen molar-refractivity contribution in [3.8, 4) is 0 Å². The minimum atomic E-state index is 0.0329. The van der Waals surface area contributed by atoms with E-state index >= 15 is 0 Å². The predicted molar refractivity (Wildman–Crippen MR) is 47.0 cm³/mol. The molecule has 0 aliphatic heterocycles. The number of hydrogen-bond donors (Lipinski definition) is 1. The number of carbonyl (C=O) groups excluding carboxylic acids is 1. The maximum Gasteiger partial charge on any atom is 0.223 e. The zero-order valence-corrected chi connectivity index (χ0v) is 7.85. The van der Waals surface area contributed by atoms with E-state index in [1.807, 2.05) is 0 Å². The first kappa shape index (κ1) is 10.5. The van der Waals surface area contributed by atoms with Crippen LogP contribution in [0.5, 0.6) is 0 Å². The molecule has 1 radical (unpaired) electrons. The van der Waals surface area contributed by atoms with Crippen LogP contribution < -0.4 is 5.32 Å². The molecule has 2 heteroatoms. The quantitative estimate of drug-likeness (QED) is 0.660. The molecule has 2 nitrogen and oxygen atoms in total. The maximum atomic E-state index is 10.9. The highest BCUT2D eigenvalue weighted by molar-refractivity contribution is 5.84. The number of carbonyl (C=O) groups is 1. The smallest absolute Gasteiger partial charge is 0.223 e. The molecule has 0 rings (SSSR count). The Balaban J connectivity index is 3.78. The molecule has 1 N–H and O–H groups in total. The fourth-order valence-electron chi connectivity index (χ4n) is 1.01. The molecule has 0 bridgehead atoms. The molecule has 0 aromatic heterocycles. The van der Waals surface area contributed by atoms with E-state index in [0.717, 1.165) is 6.42 Å². The molecule has 0 saturated carbocycles. The van der Waals surface area contributed by atoms with Crippen LogP contribution in [0.25, 0.3) is 0 Å². The Hall–Kier alpha value is -0.530. The Kier molecular flexibility index (Phi) is 4.92. The second-order valence-electron chi connectivity index (χ2n) is 3.06. The van der Waals surface area contributed by atoms with Gasteiger partial charge in [-0.1, -0.05) is 27.7 Å². The molecular formula is C9H18NO. The van der Waals surface area contributed by atoms with Crippen molar-refractivity contribution in [2.75, 3.05) is 0 Å². The topological polar surface area (TPSA) is 29.1 Å². The number of amides is 1. The normalized spacial score (nSPS) is 13.2. The lowest BCUT2D eigenvalue weighted by atomic mass is 10.0. The van der Waals surface area contributed by atoms with Gasteiger partial charge in [-0.05, 0) is 12.3 Å². The van der Waals surface area contributed by atoms with Gasteiger partial charge in [-0.25, -0.2) is 0 Å². The van der Waals surface area contributed by atoms with Gasteiger partial charge in [-0.15, -0.1) is 0 Å². The van der Waals surface area contributed by atoms with Gasteiger partial charge in [-0.3, -0.25) is 4.79 Å². The summed E-state index contributed by atoms with van der Waals surface area (Å²) in [5.41, 5.74) is 0. The summed E-state index contributed by atoms with van der Waals surface area (Å²) < 4.78 is 0. The van der Waals surface area contributed by atoms with Crippen LogP contribution in [0.2, 0.25) is 0 Å². The van der Waals surface area contributed by atoms with Crippen molar-refractivity contribution in [3.63, 3.8) is 0 Å². The molecule has 0 spiro atoms. The lowest BCUT2D eigenvalue weighted by Crippen LogP contribution is -2.37. The van der Waals surface area contributed by atoms with Gasteiger partial charge < -0.3 is 5.32 Å². The zero-order chi connectivity index (χ0) is 8.85. The van der Waals surface area contributed by atoms with Crippen molar-refractivity contribution in [3.05, 3.63) is 6.42 Å². The van der Waals surface area contributed by atoms with Crippen LogP contribution in [0.15, 0.2) is 0 Å². The molecule has 0 heterocycles. The van der Waals surface area contributed by atoms with E-state index in [1.165, 1.54) is 0 Å². The van der Waals surface area contributed by atoms with Gasteiger partial charge in [0.25, 0.3) is 0 Å². The van der Waals surface area contributed by atoms with E-state index in [0.29, 0.717) is 12.0 Å². The molecule has 0 aromatic carbocycles. The van der Waals surface area contributed by atoms with Crippen LogP contribution in [-0.4, -0.2) is 11.9 Å². The molecule has 0 aliphatic rings. The summed E-state index contributed by atoms with van der Waals surface area (Å²) in [5, 5.41) is 2.92. The summed E-state index contributed by atoms with van der Waals surface area (Å²) in [7, 11) is 0. The molecular weight excluding hydrogens is 138 g/mol. The largest absolute Gasteiger partial charge is 0.353 e. The van der Waals surface area contributed by atoms with E-state index in [-0.39, 0.29) is 5.91 Å². The van der Waals surface area contributed by atoms with E-state index in [9.17, 15) is 4.79 Å². The first-order valence-corrected chi connectivity index (χ1v) is 4.21. The highest BCUT2D eigenvalue weighted by Crippen LogP contribution is 2.04. The van der Waals surface area contributed by atoms with Crippen molar-refractivity contribution in [2.45, 2.75) is 40.2 Å². The van der Waals surface area contributed by atoms with Crippen LogP contribution >= 0.6 is 0 Å². The second-order valence-corrected chi connectivity index (χ2v) is 3.06. The fourth-order valence-corrected chi connectivity index (χ4v) is 1.01. The Morgan fingerprint density at radius 1 is 1.55 bits per heavy atom. The van der Waals surface area contributed by atoms with Crippen LogP contribution in [0, 0.1) is 12.3 Å². The number of hydrogen-bond acceptors (Lipinski definition) is 1. The molecule has 11 heavy (non-hydrogen) atoms. The third-order valence-electron chi connectivity index (χ3n) is 1.83. The van der Waals surface area contributed by atoms with Gasteiger partial charge in [0.05, 0.1) is 0 Å². The van der Waals surface area contributed by atoms with Gasteiger partial charge in [0, 0.05) is 12.5 Å². The summed E-state index contributed by atoms with van der Waals surface area (Å²) in [6.45, 7) is 8.07. The van der Waals surface area contributed by atoms with E-state index in [1.54, 1.807) is 13.3 Å².